The van der Waals surface area contributed by atoms with E-state index in [0.29, 0.717) is 30.4 Å². The molecule has 0 aliphatic rings. The summed E-state index contributed by atoms with van der Waals surface area (Å²) in [6.45, 7) is 5.34. The number of hydrogen-bond acceptors (Lipinski definition) is 6. The van der Waals surface area contributed by atoms with Gasteiger partial charge in [-0.15, -0.1) is 11.3 Å². The number of aromatic nitrogens is 1. The van der Waals surface area contributed by atoms with Gasteiger partial charge < -0.3 is 14.8 Å². The molecular formula is C21H24N2O3S2. The number of carbonyl (C=O) groups is 1. The predicted molar refractivity (Wildman–Crippen MR) is 116 cm³/mol. The standard InChI is InChI=1S/C21H24N2O3S2/c1-3-8-25-18-6-5-16(11-19(18)26-9-4-2)22-20(24)12-17-14-28-21(23-17)15-7-10-27-13-15/h5-7,10-11,13-14H,3-4,8-9,12H2,1-2H3,(H,22,24). The molecule has 148 valence electrons. The molecule has 0 spiro atoms. The fraction of sp³-hybridized carbons (Fsp3) is 0.333. The number of thiazole rings is 1. The van der Waals surface area contributed by atoms with Crippen molar-refractivity contribution in [2.75, 3.05) is 18.5 Å². The van der Waals surface area contributed by atoms with E-state index in [4.69, 9.17) is 9.47 Å². The molecule has 0 saturated heterocycles. The molecule has 0 radical (unpaired) electrons. The highest BCUT2D eigenvalue weighted by Gasteiger charge is 2.12. The van der Waals surface area contributed by atoms with Crippen LogP contribution in [0.25, 0.3) is 10.6 Å². The molecule has 28 heavy (non-hydrogen) atoms. The number of amides is 1. The van der Waals surface area contributed by atoms with E-state index >= 15 is 0 Å². The van der Waals surface area contributed by atoms with E-state index in [1.54, 1.807) is 22.7 Å². The summed E-state index contributed by atoms with van der Waals surface area (Å²) >= 11 is 3.19. The van der Waals surface area contributed by atoms with Gasteiger partial charge in [-0.05, 0) is 36.4 Å². The highest BCUT2D eigenvalue weighted by molar-refractivity contribution is 7.14. The molecule has 0 aliphatic heterocycles. The van der Waals surface area contributed by atoms with Gasteiger partial charge in [0.25, 0.3) is 0 Å². The number of hydrogen-bond donors (Lipinski definition) is 1. The van der Waals surface area contributed by atoms with Crippen molar-refractivity contribution in [3.63, 3.8) is 0 Å². The van der Waals surface area contributed by atoms with Crippen LogP contribution in [-0.2, 0) is 11.2 Å². The van der Waals surface area contributed by atoms with E-state index in [-0.39, 0.29) is 12.3 Å². The van der Waals surface area contributed by atoms with E-state index in [0.717, 1.165) is 29.1 Å². The Hall–Kier alpha value is -2.38. The first-order valence-corrected chi connectivity index (χ1v) is 11.2. The maximum Gasteiger partial charge on any atom is 0.230 e. The van der Waals surface area contributed by atoms with Gasteiger partial charge in [-0.3, -0.25) is 4.79 Å². The summed E-state index contributed by atoms with van der Waals surface area (Å²) in [4.78, 5) is 17.0. The molecule has 2 aromatic heterocycles. The fourth-order valence-corrected chi connectivity index (χ4v) is 4.05. The van der Waals surface area contributed by atoms with Gasteiger partial charge in [-0.1, -0.05) is 13.8 Å². The third-order valence-electron chi connectivity index (χ3n) is 3.81. The van der Waals surface area contributed by atoms with Gasteiger partial charge in [0.1, 0.15) is 5.01 Å². The molecule has 0 unspecified atom stereocenters. The van der Waals surface area contributed by atoms with Crippen molar-refractivity contribution < 1.29 is 14.3 Å². The van der Waals surface area contributed by atoms with Crippen molar-refractivity contribution in [3.8, 4) is 22.1 Å². The average Bonchev–Trinajstić information content (AvgIpc) is 3.37. The maximum atomic E-state index is 12.4. The average molecular weight is 417 g/mol. The summed E-state index contributed by atoms with van der Waals surface area (Å²) in [7, 11) is 0. The van der Waals surface area contributed by atoms with Crippen LogP contribution in [0.5, 0.6) is 11.5 Å². The first-order chi connectivity index (χ1) is 13.7. The third kappa shape index (κ3) is 5.56. The summed E-state index contributed by atoms with van der Waals surface area (Å²) in [6, 6.07) is 7.52. The molecular weight excluding hydrogens is 392 g/mol. The molecule has 3 aromatic rings. The van der Waals surface area contributed by atoms with Gasteiger partial charge in [0.15, 0.2) is 11.5 Å². The van der Waals surface area contributed by atoms with E-state index in [9.17, 15) is 4.79 Å². The van der Waals surface area contributed by atoms with Gasteiger partial charge in [-0.2, -0.15) is 11.3 Å². The van der Waals surface area contributed by atoms with E-state index in [1.165, 1.54) is 0 Å². The smallest absolute Gasteiger partial charge is 0.230 e. The number of nitrogens with zero attached hydrogens (tertiary/aromatic N) is 1. The van der Waals surface area contributed by atoms with Crippen molar-refractivity contribution >= 4 is 34.3 Å². The highest BCUT2D eigenvalue weighted by Crippen LogP contribution is 2.31. The SMILES string of the molecule is CCCOc1ccc(NC(=O)Cc2csc(-c3ccsc3)n2)cc1OCCC. The van der Waals surface area contributed by atoms with Crippen LogP contribution in [0.1, 0.15) is 32.4 Å². The van der Waals surface area contributed by atoms with Gasteiger partial charge in [0.2, 0.25) is 5.91 Å². The Kier molecular flexibility index (Phi) is 7.45. The lowest BCUT2D eigenvalue weighted by molar-refractivity contribution is -0.115. The van der Waals surface area contributed by atoms with Gasteiger partial charge in [0, 0.05) is 28.1 Å². The molecule has 3 rings (SSSR count). The molecule has 1 aromatic carbocycles. The molecule has 7 heteroatoms. The molecule has 1 amide bonds. The highest BCUT2D eigenvalue weighted by atomic mass is 32.1. The van der Waals surface area contributed by atoms with E-state index in [2.05, 4.69) is 29.5 Å². The van der Waals surface area contributed by atoms with Crippen LogP contribution in [0, 0.1) is 0 Å². The second-order valence-corrected chi connectivity index (χ2v) is 7.88. The predicted octanol–water partition coefficient (Wildman–Crippen LogP) is 5.63. The molecule has 2 heterocycles. The largest absolute Gasteiger partial charge is 0.490 e. The number of benzene rings is 1. The Bertz CT molecular complexity index is 891. The minimum Gasteiger partial charge on any atom is -0.490 e. The minimum atomic E-state index is -0.106. The molecule has 0 saturated carbocycles. The first kappa shape index (κ1) is 20.4. The fourth-order valence-electron chi connectivity index (χ4n) is 2.52. The number of ether oxygens (including phenoxy) is 2. The summed E-state index contributed by atoms with van der Waals surface area (Å²) in [5.74, 6) is 1.25. The zero-order valence-corrected chi connectivity index (χ0v) is 17.7. The summed E-state index contributed by atoms with van der Waals surface area (Å²) in [5, 5.41) is 9.88. The first-order valence-electron chi connectivity index (χ1n) is 9.36. The molecule has 1 N–H and O–H groups in total. The molecule has 0 aliphatic carbocycles. The van der Waals surface area contributed by atoms with Crippen molar-refractivity contribution in [1.82, 2.24) is 4.98 Å². The third-order valence-corrected chi connectivity index (χ3v) is 5.44. The minimum absolute atomic E-state index is 0.106. The zero-order valence-electron chi connectivity index (χ0n) is 16.1. The summed E-state index contributed by atoms with van der Waals surface area (Å²) < 4.78 is 11.5. The second-order valence-electron chi connectivity index (χ2n) is 6.24. The topological polar surface area (TPSA) is 60.5 Å². The quantitative estimate of drug-likeness (QED) is 0.465. The van der Waals surface area contributed by atoms with Crippen LogP contribution in [0.2, 0.25) is 0 Å². The lowest BCUT2D eigenvalue weighted by Crippen LogP contribution is -2.14. The number of rotatable bonds is 10. The van der Waals surface area contributed by atoms with Crippen LogP contribution in [-0.4, -0.2) is 24.1 Å². The van der Waals surface area contributed by atoms with Gasteiger partial charge in [0.05, 0.1) is 25.3 Å². The molecule has 0 fully saturated rings. The zero-order chi connectivity index (χ0) is 19.8. The van der Waals surface area contributed by atoms with Crippen molar-refractivity contribution in [2.24, 2.45) is 0 Å². The number of nitrogens with one attached hydrogen (secondary N) is 1. The lowest BCUT2D eigenvalue weighted by atomic mass is 10.2. The lowest BCUT2D eigenvalue weighted by Gasteiger charge is -2.14. The van der Waals surface area contributed by atoms with Crippen molar-refractivity contribution in [1.29, 1.82) is 0 Å². The van der Waals surface area contributed by atoms with E-state index < -0.39 is 0 Å². The Morgan fingerprint density at radius 2 is 1.86 bits per heavy atom. The van der Waals surface area contributed by atoms with Crippen LogP contribution in [0.4, 0.5) is 5.69 Å². The van der Waals surface area contributed by atoms with Crippen LogP contribution < -0.4 is 14.8 Å². The number of anilines is 1. The Labute approximate surface area is 173 Å². The number of carbonyl (C=O) groups excluding carboxylic acids is 1. The normalized spacial score (nSPS) is 10.6. The Morgan fingerprint density at radius 1 is 1.07 bits per heavy atom. The summed E-state index contributed by atoms with van der Waals surface area (Å²) in [6.07, 6.45) is 2.06. The van der Waals surface area contributed by atoms with Crippen molar-refractivity contribution in [3.05, 3.63) is 46.1 Å². The van der Waals surface area contributed by atoms with Crippen LogP contribution in [0.15, 0.2) is 40.4 Å². The molecule has 0 atom stereocenters. The van der Waals surface area contributed by atoms with Gasteiger partial charge >= 0.3 is 0 Å². The monoisotopic (exact) mass is 416 g/mol. The second kappa shape index (κ2) is 10.2. The molecule has 5 nitrogen and oxygen atoms in total. The Morgan fingerprint density at radius 3 is 2.57 bits per heavy atom. The molecule has 0 bridgehead atoms. The Balaban J connectivity index is 1.64. The van der Waals surface area contributed by atoms with Crippen molar-refractivity contribution in [2.45, 2.75) is 33.1 Å². The number of thiophene rings is 1. The van der Waals surface area contributed by atoms with Gasteiger partial charge in [-0.25, -0.2) is 4.98 Å². The summed E-state index contributed by atoms with van der Waals surface area (Å²) in [5.41, 5.74) is 2.56. The maximum absolute atomic E-state index is 12.4. The van der Waals surface area contributed by atoms with Crippen LogP contribution >= 0.6 is 22.7 Å². The van der Waals surface area contributed by atoms with E-state index in [1.807, 2.05) is 35.0 Å². The van der Waals surface area contributed by atoms with Crippen LogP contribution in [0.3, 0.4) is 0 Å².